The van der Waals surface area contributed by atoms with Crippen molar-refractivity contribution in [3.05, 3.63) is 71.8 Å². The number of carbonyl (C=O) groups excluding carboxylic acids is 1. The van der Waals surface area contributed by atoms with E-state index in [0.717, 1.165) is 5.39 Å². The predicted molar refractivity (Wildman–Crippen MR) is 117 cm³/mol. The summed E-state index contributed by atoms with van der Waals surface area (Å²) in [4.78, 5) is 12.7. The quantitative estimate of drug-likeness (QED) is 0.495. The maximum atomic E-state index is 12.7. The van der Waals surface area contributed by atoms with Crippen LogP contribution < -0.4 is 5.32 Å². The molecule has 0 aromatic heterocycles. The molecule has 0 aliphatic carbocycles. The molecule has 0 unspecified atom stereocenters. The molecule has 0 saturated heterocycles. The van der Waals surface area contributed by atoms with Crippen LogP contribution in [-0.2, 0) is 9.47 Å². The molecule has 0 spiro atoms. The number of phenolic OH excluding ortho intramolecular Hbond substituents is 1. The normalized spacial score (nSPS) is 12.7. The lowest BCUT2D eigenvalue weighted by atomic mass is 9.95. The number of nitrogens with one attached hydrogen (secondary N) is 1. The van der Waals surface area contributed by atoms with E-state index in [1.54, 1.807) is 42.5 Å². The van der Waals surface area contributed by atoms with Crippen molar-refractivity contribution < 1.29 is 24.5 Å². The van der Waals surface area contributed by atoms with Gasteiger partial charge in [0.05, 0.1) is 11.6 Å². The van der Waals surface area contributed by atoms with Gasteiger partial charge >= 0.3 is 6.09 Å². The van der Waals surface area contributed by atoms with Gasteiger partial charge in [-0.15, -0.1) is 0 Å². The molecule has 0 fully saturated rings. The summed E-state index contributed by atoms with van der Waals surface area (Å²) >= 11 is 0. The highest BCUT2D eigenvalue weighted by Gasteiger charge is 2.29. The fourth-order valence-electron chi connectivity index (χ4n) is 3.45. The monoisotopic (exact) mass is 420 g/mol. The summed E-state index contributed by atoms with van der Waals surface area (Å²) in [7, 11) is 0. The summed E-state index contributed by atoms with van der Waals surface area (Å²) < 4.78 is 11.6. The molecule has 7 heteroatoms. The standard InChI is InChI=1S/C24H24N2O5/c1-2-30-22(13-14-27)23(20-11-12-21(28)19-6-4-3-5-18(19)20)31-24(29)26-17-9-7-16(15-25)8-10-17/h3-12,22-23,27-28H,2,13-14H2,1H3,(H,26,29)/t22-,23-/m1/s1. The minimum Gasteiger partial charge on any atom is -0.507 e. The maximum absolute atomic E-state index is 12.7. The number of aliphatic hydroxyl groups excluding tert-OH is 1. The average molecular weight is 420 g/mol. The van der Waals surface area contributed by atoms with Crippen LogP contribution in [0.1, 0.15) is 30.6 Å². The summed E-state index contributed by atoms with van der Waals surface area (Å²) in [6, 6.07) is 18.9. The minimum atomic E-state index is -0.823. The second-order valence-electron chi connectivity index (χ2n) is 6.87. The molecular formula is C24H24N2O5. The molecule has 2 atom stereocenters. The first kappa shape index (κ1) is 22.1. The Bertz CT molecular complexity index is 1070. The Kier molecular flexibility index (Phi) is 7.44. The lowest BCUT2D eigenvalue weighted by Crippen LogP contribution is -2.30. The van der Waals surface area contributed by atoms with Gasteiger partial charge in [0, 0.05) is 36.3 Å². The summed E-state index contributed by atoms with van der Waals surface area (Å²) in [5.41, 5.74) is 1.62. The molecule has 0 aliphatic rings. The zero-order valence-electron chi connectivity index (χ0n) is 17.1. The van der Waals surface area contributed by atoms with Crippen LogP contribution in [0.5, 0.6) is 5.75 Å². The number of nitriles is 1. The number of nitrogens with zero attached hydrogens (tertiary/aromatic N) is 1. The number of hydrogen-bond donors (Lipinski definition) is 3. The van der Waals surface area contributed by atoms with E-state index in [1.807, 2.05) is 31.2 Å². The summed E-state index contributed by atoms with van der Waals surface area (Å²) in [5, 5.41) is 32.7. The van der Waals surface area contributed by atoms with Crippen molar-refractivity contribution in [3.63, 3.8) is 0 Å². The number of aliphatic hydroxyl groups is 1. The zero-order chi connectivity index (χ0) is 22.2. The van der Waals surface area contributed by atoms with Crippen molar-refractivity contribution in [2.45, 2.75) is 25.6 Å². The van der Waals surface area contributed by atoms with Gasteiger partial charge in [0.25, 0.3) is 0 Å². The van der Waals surface area contributed by atoms with Crippen molar-refractivity contribution in [2.24, 2.45) is 0 Å². The van der Waals surface area contributed by atoms with Crippen molar-refractivity contribution >= 4 is 22.6 Å². The first-order valence-corrected chi connectivity index (χ1v) is 9.98. The first-order valence-electron chi connectivity index (χ1n) is 9.98. The van der Waals surface area contributed by atoms with Crippen molar-refractivity contribution in [1.82, 2.24) is 0 Å². The van der Waals surface area contributed by atoms with Crippen LogP contribution in [0.25, 0.3) is 10.8 Å². The third kappa shape index (κ3) is 5.31. The van der Waals surface area contributed by atoms with Crippen LogP contribution in [0.3, 0.4) is 0 Å². The fourth-order valence-corrected chi connectivity index (χ4v) is 3.45. The van der Waals surface area contributed by atoms with Crippen LogP contribution in [0, 0.1) is 11.3 Å². The summed E-state index contributed by atoms with van der Waals surface area (Å²) in [6.07, 6.45) is -1.85. The average Bonchev–Trinajstić information content (AvgIpc) is 2.79. The molecule has 1 amide bonds. The Hall–Kier alpha value is -3.60. The van der Waals surface area contributed by atoms with Gasteiger partial charge in [0.2, 0.25) is 0 Å². The number of anilines is 1. The number of benzene rings is 3. The number of carbonyl (C=O) groups is 1. The van der Waals surface area contributed by atoms with Gasteiger partial charge in [-0.05, 0) is 42.6 Å². The van der Waals surface area contributed by atoms with Crippen LogP contribution in [0.4, 0.5) is 10.5 Å². The third-order valence-corrected chi connectivity index (χ3v) is 4.87. The van der Waals surface area contributed by atoms with Gasteiger partial charge in [-0.25, -0.2) is 4.79 Å². The van der Waals surface area contributed by atoms with Crippen molar-refractivity contribution in [1.29, 1.82) is 5.26 Å². The van der Waals surface area contributed by atoms with E-state index in [2.05, 4.69) is 5.32 Å². The summed E-state index contributed by atoms with van der Waals surface area (Å²) in [6.45, 7) is 2.06. The molecular weight excluding hydrogens is 396 g/mol. The van der Waals surface area contributed by atoms with E-state index in [0.29, 0.717) is 28.8 Å². The lowest BCUT2D eigenvalue weighted by Gasteiger charge is -2.28. The highest BCUT2D eigenvalue weighted by Crippen LogP contribution is 2.35. The Morgan fingerprint density at radius 1 is 1.10 bits per heavy atom. The third-order valence-electron chi connectivity index (χ3n) is 4.87. The van der Waals surface area contributed by atoms with Crippen LogP contribution >= 0.6 is 0 Å². The molecule has 0 aliphatic heterocycles. The molecule has 3 aromatic rings. The fraction of sp³-hybridized carbons (Fsp3) is 0.250. The molecule has 7 nitrogen and oxygen atoms in total. The highest BCUT2D eigenvalue weighted by atomic mass is 16.6. The summed E-state index contributed by atoms with van der Waals surface area (Å²) in [5.74, 6) is 0.121. The van der Waals surface area contributed by atoms with Crippen molar-refractivity contribution in [3.8, 4) is 11.8 Å². The van der Waals surface area contributed by atoms with Crippen LogP contribution in [0.2, 0.25) is 0 Å². The molecule has 3 rings (SSSR count). The van der Waals surface area contributed by atoms with E-state index in [-0.39, 0.29) is 18.8 Å². The second-order valence-corrected chi connectivity index (χ2v) is 6.87. The van der Waals surface area contributed by atoms with Gasteiger partial charge in [0.1, 0.15) is 11.9 Å². The Labute approximate surface area is 180 Å². The number of ether oxygens (including phenoxy) is 2. The molecule has 31 heavy (non-hydrogen) atoms. The van der Waals surface area contributed by atoms with E-state index < -0.39 is 18.3 Å². The topological polar surface area (TPSA) is 112 Å². The van der Waals surface area contributed by atoms with Gasteiger partial charge in [-0.3, -0.25) is 5.32 Å². The van der Waals surface area contributed by atoms with E-state index >= 15 is 0 Å². The number of phenols is 1. The minimum absolute atomic E-state index is 0.121. The second kappa shape index (κ2) is 10.4. The van der Waals surface area contributed by atoms with Gasteiger partial charge in [-0.2, -0.15) is 5.26 Å². The molecule has 3 N–H and O–H groups in total. The number of rotatable bonds is 8. The maximum Gasteiger partial charge on any atom is 0.412 e. The van der Waals surface area contributed by atoms with Crippen LogP contribution in [-0.4, -0.2) is 35.6 Å². The van der Waals surface area contributed by atoms with Gasteiger partial charge in [-0.1, -0.05) is 30.3 Å². The van der Waals surface area contributed by atoms with Gasteiger partial charge in [0.15, 0.2) is 6.10 Å². The molecule has 3 aromatic carbocycles. The molecule has 0 heterocycles. The molecule has 0 bridgehead atoms. The molecule has 0 radical (unpaired) electrons. The number of aromatic hydroxyl groups is 1. The van der Waals surface area contributed by atoms with Gasteiger partial charge < -0.3 is 19.7 Å². The van der Waals surface area contributed by atoms with E-state index in [4.69, 9.17) is 14.7 Å². The highest BCUT2D eigenvalue weighted by molar-refractivity contribution is 5.91. The number of amides is 1. The van der Waals surface area contributed by atoms with Crippen LogP contribution in [0.15, 0.2) is 60.7 Å². The Balaban J connectivity index is 1.94. The van der Waals surface area contributed by atoms with E-state index in [1.165, 1.54) is 0 Å². The SMILES string of the molecule is CCO[C@H](CCO)[C@H](OC(=O)Nc1ccc(C#N)cc1)c1ccc(O)c2ccccc12. The molecule has 0 saturated carbocycles. The Morgan fingerprint density at radius 3 is 2.45 bits per heavy atom. The molecule has 160 valence electrons. The van der Waals surface area contributed by atoms with E-state index in [9.17, 15) is 15.0 Å². The number of fused-ring (bicyclic) bond motifs is 1. The zero-order valence-corrected chi connectivity index (χ0v) is 17.1. The largest absolute Gasteiger partial charge is 0.507 e. The lowest BCUT2D eigenvalue weighted by molar-refractivity contribution is -0.0478. The first-order chi connectivity index (χ1) is 15.1. The smallest absolute Gasteiger partial charge is 0.412 e. The Morgan fingerprint density at radius 2 is 1.81 bits per heavy atom. The number of hydrogen-bond acceptors (Lipinski definition) is 6. The van der Waals surface area contributed by atoms with Crippen molar-refractivity contribution in [2.75, 3.05) is 18.5 Å². The predicted octanol–water partition coefficient (Wildman–Crippen LogP) is 4.49.